The number of nitrogens with zero attached hydrogens (tertiary/aromatic N) is 1. The number of ketones is 2. The smallest absolute Gasteiger partial charge is 0.231 e. The van der Waals surface area contributed by atoms with Crippen LogP contribution >= 0.6 is 11.6 Å². The summed E-state index contributed by atoms with van der Waals surface area (Å²) in [4.78, 5) is 29.3. The van der Waals surface area contributed by atoms with Crippen LogP contribution in [0.5, 0.6) is 0 Å². The first-order valence-electron chi connectivity index (χ1n) is 4.28. The molecule has 0 aliphatic rings. The fourth-order valence-electron chi connectivity index (χ4n) is 1.36. The van der Waals surface area contributed by atoms with Gasteiger partial charge in [-0.15, -0.1) is 0 Å². The number of rotatable bonds is 2. The van der Waals surface area contributed by atoms with Crippen molar-refractivity contribution in [3.63, 3.8) is 0 Å². The summed E-state index contributed by atoms with van der Waals surface area (Å²) in [7, 11) is 0. The van der Waals surface area contributed by atoms with Gasteiger partial charge in [0.05, 0.1) is 16.1 Å². The summed E-state index contributed by atoms with van der Waals surface area (Å²) < 4.78 is 0. The van der Waals surface area contributed by atoms with Crippen molar-refractivity contribution in [1.29, 1.82) is 0 Å². The molecular formula is C10H7ClN2O2. The second kappa shape index (κ2) is 3.47. The van der Waals surface area contributed by atoms with Gasteiger partial charge in [0.25, 0.3) is 0 Å². The van der Waals surface area contributed by atoms with Gasteiger partial charge in [-0.05, 0) is 6.07 Å². The molecule has 1 N–H and O–H groups in total. The number of hydrogen-bond acceptors (Lipinski definition) is 3. The molecule has 0 atom stereocenters. The van der Waals surface area contributed by atoms with Gasteiger partial charge in [0.15, 0.2) is 5.78 Å². The van der Waals surface area contributed by atoms with Crippen molar-refractivity contribution in [3.8, 4) is 0 Å². The Kier molecular flexibility index (Phi) is 2.28. The van der Waals surface area contributed by atoms with Crippen LogP contribution in [0.3, 0.4) is 0 Å². The lowest BCUT2D eigenvalue weighted by Gasteiger charge is -1.94. The first-order valence-corrected chi connectivity index (χ1v) is 4.66. The molecule has 2 heterocycles. The van der Waals surface area contributed by atoms with Crippen molar-refractivity contribution in [2.75, 3.05) is 0 Å². The zero-order chi connectivity index (χ0) is 11.0. The summed E-state index contributed by atoms with van der Waals surface area (Å²) in [5.74, 6) is -1.08. The van der Waals surface area contributed by atoms with Gasteiger partial charge in [-0.25, -0.2) is 0 Å². The minimum Gasteiger partial charge on any atom is -0.358 e. The van der Waals surface area contributed by atoms with Crippen LogP contribution in [0.1, 0.15) is 17.3 Å². The summed E-state index contributed by atoms with van der Waals surface area (Å²) in [5.41, 5.74) is 1.27. The molecular weight excluding hydrogens is 216 g/mol. The average Bonchev–Trinajstić information content (AvgIpc) is 2.61. The van der Waals surface area contributed by atoms with E-state index in [4.69, 9.17) is 11.6 Å². The highest BCUT2D eigenvalue weighted by molar-refractivity contribution is 6.45. The molecule has 4 nitrogen and oxygen atoms in total. The van der Waals surface area contributed by atoms with Gasteiger partial charge < -0.3 is 4.98 Å². The van der Waals surface area contributed by atoms with E-state index in [0.717, 1.165) is 0 Å². The van der Waals surface area contributed by atoms with Crippen molar-refractivity contribution in [2.24, 2.45) is 0 Å². The van der Waals surface area contributed by atoms with E-state index < -0.39 is 11.6 Å². The Morgan fingerprint density at radius 1 is 1.47 bits per heavy atom. The predicted molar refractivity (Wildman–Crippen MR) is 56.1 cm³/mol. The molecule has 0 aliphatic heterocycles. The number of aromatic nitrogens is 2. The maximum Gasteiger partial charge on any atom is 0.231 e. The van der Waals surface area contributed by atoms with Crippen molar-refractivity contribution in [3.05, 3.63) is 29.0 Å². The molecule has 15 heavy (non-hydrogen) atoms. The molecule has 5 heteroatoms. The Hall–Kier alpha value is -1.68. The number of Topliss-reactive ketones (excluding diaryl/α,β-unsaturated/α-hetero) is 2. The van der Waals surface area contributed by atoms with Crippen molar-refractivity contribution < 1.29 is 9.59 Å². The maximum absolute atomic E-state index is 11.5. The van der Waals surface area contributed by atoms with Gasteiger partial charge in [0, 0.05) is 19.3 Å². The number of carbonyl (C=O) groups excluding carboxylic acids is 2. The van der Waals surface area contributed by atoms with E-state index in [9.17, 15) is 9.59 Å². The standard InChI is InChI=1S/C10H7ClN2O2/c1-5(14)10(15)6-4-13-9-7(11)2-3-12-8(6)9/h2-4,13H,1H3. The Labute approximate surface area is 90.3 Å². The zero-order valence-corrected chi connectivity index (χ0v) is 8.63. The SMILES string of the molecule is CC(=O)C(=O)c1c[nH]c2c(Cl)ccnc12. The minimum absolute atomic E-state index is 0.264. The van der Waals surface area contributed by atoms with Crippen LogP contribution in [-0.2, 0) is 4.79 Å². The third-order valence-electron chi connectivity index (χ3n) is 2.08. The van der Waals surface area contributed by atoms with E-state index in [0.29, 0.717) is 16.1 Å². The van der Waals surface area contributed by atoms with E-state index >= 15 is 0 Å². The monoisotopic (exact) mass is 222 g/mol. The van der Waals surface area contributed by atoms with Gasteiger partial charge in [-0.2, -0.15) is 0 Å². The maximum atomic E-state index is 11.5. The Balaban J connectivity index is 2.69. The quantitative estimate of drug-likeness (QED) is 0.624. The number of carbonyl (C=O) groups is 2. The molecule has 0 unspecified atom stereocenters. The first kappa shape index (κ1) is 9.86. The molecule has 0 radical (unpaired) electrons. The van der Waals surface area contributed by atoms with Crippen LogP contribution < -0.4 is 0 Å². The normalized spacial score (nSPS) is 10.5. The number of nitrogens with one attached hydrogen (secondary N) is 1. The first-order chi connectivity index (χ1) is 7.11. The van der Waals surface area contributed by atoms with E-state index in [2.05, 4.69) is 9.97 Å². The van der Waals surface area contributed by atoms with Crippen LogP contribution in [-0.4, -0.2) is 21.5 Å². The molecule has 0 saturated carbocycles. The van der Waals surface area contributed by atoms with Gasteiger partial charge >= 0.3 is 0 Å². The molecule has 0 amide bonds. The van der Waals surface area contributed by atoms with Gasteiger partial charge in [0.1, 0.15) is 5.52 Å². The molecule has 0 aromatic carbocycles. The predicted octanol–water partition coefficient (Wildman–Crippen LogP) is 1.99. The topological polar surface area (TPSA) is 62.8 Å². The molecule has 2 aromatic heterocycles. The largest absolute Gasteiger partial charge is 0.358 e. The molecule has 0 saturated heterocycles. The molecule has 2 aromatic rings. The van der Waals surface area contributed by atoms with Gasteiger partial charge in [-0.3, -0.25) is 14.6 Å². The number of hydrogen-bond donors (Lipinski definition) is 1. The summed E-state index contributed by atoms with van der Waals surface area (Å²) in [6.07, 6.45) is 2.95. The molecule has 0 bridgehead atoms. The van der Waals surface area contributed by atoms with Crippen LogP contribution in [0.4, 0.5) is 0 Å². The van der Waals surface area contributed by atoms with Gasteiger partial charge in [0.2, 0.25) is 5.78 Å². The Bertz CT molecular complexity index is 560. The highest BCUT2D eigenvalue weighted by atomic mass is 35.5. The van der Waals surface area contributed by atoms with Crippen LogP contribution in [0.25, 0.3) is 11.0 Å². The second-order valence-corrected chi connectivity index (χ2v) is 3.51. The lowest BCUT2D eigenvalue weighted by atomic mass is 10.1. The van der Waals surface area contributed by atoms with Crippen LogP contribution in [0.15, 0.2) is 18.5 Å². The highest BCUT2D eigenvalue weighted by Gasteiger charge is 2.17. The summed E-state index contributed by atoms with van der Waals surface area (Å²) in [6.45, 7) is 1.23. The highest BCUT2D eigenvalue weighted by Crippen LogP contribution is 2.23. The Morgan fingerprint density at radius 2 is 2.20 bits per heavy atom. The lowest BCUT2D eigenvalue weighted by molar-refractivity contribution is -0.113. The van der Waals surface area contributed by atoms with Crippen LogP contribution in [0.2, 0.25) is 5.02 Å². The minimum atomic E-state index is -0.559. The van der Waals surface area contributed by atoms with Crippen LogP contribution in [0, 0.1) is 0 Å². The fourth-order valence-corrected chi connectivity index (χ4v) is 1.56. The Morgan fingerprint density at radius 3 is 2.87 bits per heavy atom. The average molecular weight is 223 g/mol. The zero-order valence-electron chi connectivity index (χ0n) is 7.87. The third kappa shape index (κ3) is 1.53. The fraction of sp³-hybridized carbons (Fsp3) is 0.100. The van der Waals surface area contributed by atoms with Crippen molar-refractivity contribution >= 4 is 34.2 Å². The summed E-state index contributed by atoms with van der Waals surface area (Å²) in [5, 5.41) is 0.475. The lowest BCUT2D eigenvalue weighted by Crippen LogP contribution is -2.09. The number of pyridine rings is 1. The van der Waals surface area contributed by atoms with Gasteiger partial charge in [-0.1, -0.05) is 11.6 Å². The summed E-state index contributed by atoms with van der Waals surface area (Å²) >= 11 is 5.89. The summed E-state index contributed by atoms with van der Waals surface area (Å²) in [6, 6.07) is 1.61. The van der Waals surface area contributed by atoms with Crippen molar-refractivity contribution in [2.45, 2.75) is 6.92 Å². The molecule has 2 rings (SSSR count). The molecule has 0 spiro atoms. The molecule has 0 aliphatic carbocycles. The van der Waals surface area contributed by atoms with E-state index in [1.54, 1.807) is 6.07 Å². The van der Waals surface area contributed by atoms with E-state index in [1.807, 2.05) is 0 Å². The molecule has 76 valence electrons. The van der Waals surface area contributed by atoms with E-state index in [-0.39, 0.29) is 5.56 Å². The third-order valence-corrected chi connectivity index (χ3v) is 2.40. The molecule has 0 fully saturated rings. The number of H-pyrrole nitrogens is 1. The number of aromatic amines is 1. The van der Waals surface area contributed by atoms with E-state index in [1.165, 1.54) is 19.3 Å². The number of fused-ring (bicyclic) bond motifs is 1. The van der Waals surface area contributed by atoms with Crippen molar-refractivity contribution in [1.82, 2.24) is 9.97 Å². The second-order valence-electron chi connectivity index (χ2n) is 3.10. The number of halogens is 1.